The minimum atomic E-state index is 0.0894. The Hall–Kier alpha value is -0.910. The normalized spacial score (nSPS) is 27.2. The standard InChI is InChI=1S/C14H23N3O2/c1-16-9-12(8-15-16)10-17-5-3-14(4-6-17)7-13(18-2)11-19-14/h8-9,13H,3-7,10-11H2,1-2H3/t13-/m1/s1. The van der Waals surface area contributed by atoms with E-state index in [1.165, 1.54) is 5.56 Å². The molecular formula is C14H23N3O2. The van der Waals surface area contributed by atoms with Gasteiger partial charge in [-0.15, -0.1) is 0 Å². The lowest BCUT2D eigenvalue weighted by molar-refractivity contribution is -0.0460. The van der Waals surface area contributed by atoms with Crippen molar-refractivity contribution in [2.45, 2.75) is 37.5 Å². The number of likely N-dealkylation sites (tertiary alicyclic amines) is 1. The van der Waals surface area contributed by atoms with E-state index >= 15 is 0 Å². The Balaban J connectivity index is 1.52. The van der Waals surface area contributed by atoms with E-state index in [0.717, 1.165) is 45.5 Å². The zero-order valence-electron chi connectivity index (χ0n) is 11.8. The molecule has 3 heterocycles. The molecule has 2 fully saturated rings. The van der Waals surface area contributed by atoms with Gasteiger partial charge in [0.15, 0.2) is 0 Å². The molecule has 2 aliphatic heterocycles. The number of nitrogens with zero attached hydrogens (tertiary/aromatic N) is 3. The highest BCUT2D eigenvalue weighted by atomic mass is 16.6. The third-order valence-electron chi connectivity index (χ3n) is 4.44. The number of hydrogen-bond donors (Lipinski definition) is 0. The Morgan fingerprint density at radius 1 is 1.47 bits per heavy atom. The third kappa shape index (κ3) is 2.83. The van der Waals surface area contributed by atoms with Crippen molar-refractivity contribution in [3.63, 3.8) is 0 Å². The molecule has 2 saturated heterocycles. The topological polar surface area (TPSA) is 39.5 Å². The van der Waals surface area contributed by atoms with Gasteiger partial charge in [0, 0.05) is 52.0 Å². The van der Waals surface area contributed by atoms with Crippen molar-refractivity contribution in [1.29, 1.82) is 0 Å². The van der Waals surface area contributed by atoms with Crippen molar-refractivity contribution in [2.24, 2.45) is 7.05 Å². The summed E-state index contributed by atoms with van der Waals surface area (Å²) in [6.07, 6.45) is 7.64. The maximum atomic E-state index is 6.02. The number of rotatable bonds is 3. The summed E-state index contributed by atoms with van der Waals surface area (Å²) < 4.78 is 13.3. The third-order valence-corrected chi connectivity index (χ3v) is 4.44. The highest BCUT2D eigenvalue weighted by Crippen LogP contribution is 2.37. The smallest absolute Gasteiger partial charge is 0.0832 e. The van der Waals surface area contributed by atoms with Gasteiger partial charge in [0.1, 0.15) is 0 Å². The minimum Gasteiger partial charge on any atom is -0.379 e. The van der Waals surface area contributed by atoms with Crippen LogP contribution in [0.5, 0.6) is 0 Å². The molecule has 3 rings (SSSR count). The molecule has 1 aromatic heterocycles. The minimum absolute atomic E-state index is 0.0894. The second-order valence-corrected chi connectivity index (χ2v) is 5.85. The maximum Gasteiger partial charge on any atom is 0.0832 e. The predicted molar refractivity (Wildman–Crippen MR) is 71.8 cm³/mol. The van der Waals surface area contributed by atoms with Crippen molar-refractivity contribution in [3.8, 4) is 0 Å². The van der Waals surface area contributed by atoms with Crippen LogP contribution in [0.2, 0.25) is 0 Å². The van der Waals surface area contributed by atoms with Crippen molar-refractivity contribution in [3.05, 3.63) is 18.0 Å². The van der Waals surface area contributed by atoms with Gasteiger partial charge < -0.3 is 9.47 Å². The first-order valence-electron chi connectivity index (χ1n) is 7.06. The fourth-order valence-corrected chi connectivity index (χ4v) is 3.23. The molecule has 0 saturated carbocycles. The SMILES string of the molecule is CO[C@H]1COC2(CCN(Cc3cnn(C)c3)CC2)C1. The lowest BCUT2D eigenvalue weighted by Crippen LogP contribution is -2.43. The zero-order chi connectivity index (χ0) is 13.3. The highest BCUT2D eigenvalue weighted by Gasteiger charge is 2.42. The molecule has 0 unspecified atom stereocenters. The van der Waals surface area contributed by atoms with E-state index in [4.69, 9.17) is 9.47 Å². The highest BCUT2D eigenvalue weighted by molar-refractivity contribution is 5.04. The van der Waals surface area contributed by atoms with Crippen LogP contribution in [0.3, 0.4) is 0 Å². The average molecular weight is 265 g/mol. The summed E-state index contributed by atoms with van der Waals surface area (Å²) in [5.74, 6) is 0. The van der Waals surface area contributed by atoms with Crippen molar-refractivity contribution in [1.82, 2.24) is 14.7 Å². The summed E-state index contributed by atoms with van der Waals surface area (Å²) in [6.45, 7) is 3.97. The number of aryl methyl sites for hydroxylation is 1. The first-order chi connectivity index (χ1) is 9.19. The van der Waals surface area contributed by atoms with Crippen molar-refractivity contribution >= 4 is 0 Å². The van der Waals surface area contributed by atoms with E-state index in [0.29, 0.717) is 6.10 Å². The molecule has 2 aliphatic rings. The van der Waals surface area contributed by atoms with Gasteiger partial charge in [-0.2, -0.15) is 5.10 Å². The van der Waals surface area contributed by atoms with Crippen LogP contribution >= 0.6 is 0 Å². The molecule has 0 amide bonds. The van der Waals surface area contributed by atoms with Crippen LogP contribution in [0, 0.1) is 0 Å². The van der Waals surface area contributed by atoms with Crippen molar-refractivity contribution < 1.29 is 9.47 Å². The van der Waals surface area contributed by atoms with Crippen LogP contribution in [0.15, 0.2) is 12.4 Å². The summed E-state index contributed by atoms with van der Waals surface area (Å²) in [5, 5.41) is 4.22. The van der Waals surface area contributed by atoms with Crippen LogP contribution in [-0.2, 0) is 23.1 Å². The summed E-state index contributed by atoms with van der Waals surface area (Å²) in [4.78, 5) is 2.49. The molecule has 0 aromatic carbocycles. The fraction of sp³-hybridized carbons (Fsp3) is 0.786. The molecule has 19 heavy (non-hydrogen) atoms. The molecule has 0 N–H and O–H groups in total. The number of hydrogen-bond acceptors (Lipinski definition) is 4. The largest absolute Gasteiger partial charge is 0.379 e. The van der Waals surface area contributed by atoms with E-state index < -0.39 is 0 Å². The molecule has 5 nitrogen and oxygen atoms in total. The molecule has 1 spiro atoms. The summed E-state index contributed by atoms with van der Waals surface area (Å²) >= 11 is 0. The van der Waals surface area contributed by atoms with E-state index in [2.05, 4.69) is 16.2 Å². The zero-order valence-corrected chi connectivity index (χ0v) is 11.8. The van der Waals surface area contributed by atoms with E-state index in [9.17, 15) is 0 Å². The Morgan fingerprint density at radius 3 is 2.84 bits per heavy atom. The van der Waals surface area contributed by atoms with Crippen LogP contribution < -0.4 is 0 Å². The summed E-state index contributed by atoms with van der Waals surface area (Å²) in [6, 6.07) is 0. The number of piperidine rings is 1. The van der Waals surface area contributed by atoms with Gasteiger partial charge >= 0.3 is 0 Å². The Morgan fingerprint density at radius 2 is 2.26 bits per heavy atom. The van der Waals surface area contributed by atoms with Crippen LogP contribution in [0.25, 0.3) is 0 Å². The molecule has 0 radical (unpaired) electrons. The quantitative estimate of drug-likeness (QED) is 0.823. The Labute approximate surface area is 114 Å². The number of methoxy groups -OCH3 is 1. The van der Waals surface area contributed by atoms with Gasteiger partial charge in [-0.3, -0.25) is 9.58 Å². The Kier molecular flexibility index (Phi) is 3.60. The van der Waals surface area contributed by atoms with Gasteiger partial charge in [0.2, 0.25) is 0 Å². The number of ether oxygens (including phenoxy) is 2. The van der Waals surface area contributed by atoms with Gasteiger partial charge in [-0.05, 0) is 12.8 Å². The average Bonchev–Trinajstić information content (AvgIpc) is 3.00. The van der Waals surface area contributed by atoms with Gasteiger partial charge in [0.25, 0.3) is 0 Å². The lowest BCUT2D eigenvalue weighted by Gasteiger charge is -2.38. The molecule has 0 bridgehead atoms. The summed E-state index contributed by atoms with van der Waals surface area (Å²) in [7, 11) is 3.75. The van der Waals surface area contributed by atoms with Gasteiger partial charge in [-0.1, -0.05) is 0 Å². The second-order valence-electron chi connectivity index (χ2n) is 5.85. The summed E-state index contributed by atoms with van der Waals surface area (Å²) in [5.41, 5.74) is 1.38. The van der Waals surface area contributed by atoms with Crippen LogP contribution in [0.1, 0.15) is 24.8 Å². The molecule has 1 aromatic rings. The first kappa shape index (κ1) is 13.1. The predicted octanol–water partition coefficient (Wildman–Crippen LogP) is 1.19. The maximum absolute atomic E-state index is 6.02. The fourth-order valence-electron chi connectivity index (χ4n) is 3.23. The number of aromatic nitrogens is 2. The van der Waals surface area contributed by atoms with Gasteiger partial charge in [-0.25, -0.2) is 0 Å². The lowest BCUT2D eigenvalue weighted by atomic mass is 9.88. The molecular weight excluding hydrogens is 242 g/mol. The van der Waals surface area contributed by atoms with Crippen molar-refractivity contribution in [2.75, 3.05) is 26.8 Å². The van der Waals surface area contributed by atoms with E-state index in [1.54, 1.807) is 7.11 Å². The molecule has 5 heteroatoms. The second kappa shape index (κ2) is 5.23. The monoisotopic (exact) mass is 265 g/mol. The molecule has 1 atom stereocenters. The van der Waals surface area contributed by atoms with E-state index in [-0.39, 0.29) is 5.60 Å². The van der Waals surface area contributed by atoms with E-state index in [1.807, 2.05) is 17.9 Å². The van der Waals surface area contributed by atoms with Crippen LogP contribution in [-0.4, -0.2) is 53.2 Å². The Bertz CT molecular complexity index is 424. The first-order valence-corrected chi connectivity index (χ1v) is 7.06. The van der Waals surface area contributed by atoms with Crippen LogP contribution in [0.4, 0.5) is 0 Å². The van der Waals surface area contributed by atoms with Gasteiger partial charge in [0.05, 0.1) is 24.5 Å². The molecule has 106 valence electrons. The molecule has 0 aliphatic carbocycles.